The molecule has 8 heteroatoms. The third-order valence-corrected chi connectivity index (χ3v) is 6.51. The Balaban J connectivity index is 1.84. The predicted molar refractivity (Wildman–Crippen MR) is 104 cm³/mol. The van der Waals surface area contributed by atoms with Gasteiger partial charge in [0.05, 0.1) is 15.7 Å². The van der Waals surface area contributed by atoms with Crippen LogP contribution in [0.4, 0.5) is 11.4 Å². The van der Waals surface area contributed by atoms with Crippen LogP contribution in [0.25, 0.3) is 0 Å². The van der Waals surface area contributed by atoms with Crippen molar-refractivity contribution in [2.24, 2.45) is 5.92 Å². The van der Waals surface area contributed by atoms with E-state index in [1.165, 1.54) is 12.1 Å². The topological polar surface area (TPSA) is 75.3 Å². The number of benzene rings is 2. The van der Waals surface area contributed by atoms with Crippen LogP contribution in [0.1, 0.15) is 25.7 Å². The molecule has 0 aromatic heterocycles. The van der Waals surface area contributed by atoms with Gasteiger partial charge in [-0.3, -0.25) is 9.52 Å². The number of amides is 1. The second-order valence-corrected chi connectivity index (χ2v) is 8.67. The molecule has 2 aromatic carbocycles. The molecule has 1 saturated carbocycles. The Morgan fingerprint density at radius 1 is 1.00 bits per heavy atom. The van der Waals surface area contributed by atoms with Crippen LogP contribution >= 0.6 is 23.2 Å². The molecule has 0 atom stereocenters. The van der Waals surface area contributed by atoms with Crippen LogP contribution in [0.5, 0.6) is 0 Å². The molecule has 1 fully saturated rings. The Morgan fingerprint density at radius 2 is 1.69 bits per heavy atom. The first kappa shape index (κ1) is 19.0. The van der Waals surface area contributed by atoms with Crippen LogP contribution in [0.15, 0.2) is 47.4 Å². The van der Waals surface area contributed by atoms with E-state index in [0.29, 0.717) is 5.69 Å². The van der Waals surface area contributed by atoms with Crippen LogP contribution in [0.2, 0.25) is 10.0 Å². The second kappa shape index (κ2) is 7.86. The SMILES string of the molecule is O=C(Nc1ccc(Cl)c(S(=O)(=O)Nc2ccccc2Cl)c1)C1CCCC1. The first-order valence-electron chi connectivity index (χ1n) is 8.24. The highest BCUT2D eigenvalue weighted by molar-refractivity contribution is 7.92. The van der Waals surface area contributed by atoms with Gasteiger partial charge in [-0.15, -0.1) is 0 Å². The van der Waals surface area contributed by atoms with Crippen LogP contribution < -0.4 is 10.0 Å². The fourth-order valence-corrected chi connectivity index (χ4v) is 4.81. The highest BCUT2D eigenvalue weighted by Crippen LogP contribution is 2.30. The number of sulfonamides is 1. The van der Waals surface area contributed by atoms with Gasteiger partial charge >= 0.3 is 0 Å². The summed E-state index contributed by atoms with van der Waals surface area (Å²) in [5.41, 5.74) is 0.650. The van der Waals surface area contributed by atoms with Gasteiger partial charge in [0.2, 0.25) is 5.91 Å². The Bertz CT molecular complexity index is 926. The van der Waals surface area contributed by atoms with Crippen LogP contribution in [-0.4, -0.2) is 14.3 Å². The van der Waals surface area contributed by atoms with E-state index in [2.05, 4.69) is 10.0 Å². The lowest BCUT2D eigenvalue weighted by Gasteiger charge is -2.14. The molecule has 1 aliphatic carbocycles. The Hall–Kier alpha value is -1.76. The minimum Gasteiger partial charge on any atom is -0.326 e. The Labute approximate surface area is 162 Å². The number of carbonyl (C=O) groups excluding carboxylic acids is 1. The first-order valence-corrected chi connectivity index (χ1v) is 10.5. The molecule has 26 heavy (non-hydrogen) atoms. The van der Waals surface area contributed by atoms with Gasteiger partial charge < -0.3 is 5.32 Å². The van der Waals surface area contributed by atoms with Crippen molar-refractivity contribution in [3.8, 4) is 0 Å². The highest BCUT2D eigenvalue weighted by Gasteiger charge is 2.24. The molecular weight excluding hydrogens is 395 g/mol. The molecule has 0 bridgehead atoms. The molecule has 0 unspecified atom stereocenters. The van der Waals surface area contributed by atoms with Crippen molar-refractivity contribution in [1.82, 2.24) is 0 Å². The number of nitrogens with one attached hydrogen (secondary N) is 2. The summed E-state index contributed by atoms with van der Waals surface area (Å²) in [6.07, 6.45) is 3.80. The smallest absolute Gasteiger partial charge is 0.263 e. The summed E-state index contributed by atoms with van der Waals surface area (Å²) >= 11 is 12.1. The standard InChI is InChI=1S/C18H18Cl2N2O3S/c19-14-7-3-4-8-16(14)22-26(24,25)17-11-13(9-10-15(17)20)21-18(23)12-5-1-2-6-12/h3-4,7-12,22H,1-2,5-6H2,(H,21,23). The number of hydrogen-bond donors (Lipinski definition) is 2. The van der Waals surface area contributed by atoms with E-state index in [4.69, 9.17) is 23.2 Å². The van der Waals surface area contributed by atoms with Gasteiger partial charge in [0.15, 0.2) is 0 Å². The summed E-state index contributed by atoms with van der Waals surface area (Å²) in [5.74, 6) is -0.112. The molecule has 0 heterocycles. The summed E-state index contributed by atoms with van der Waals surface area (Å²) in [7, 11) is -3.96. The third-order valence-electron chi connectivity index (χ3n) is 4.33. The van der Waals surface area contributed by atoms with Gasteiger partial charge in [0.25, 0.3) is 10.0 Å². The normalized spacial score (nSPS) is 15.0. The number of carbonyl (C=O) groups is 1. The van der Waals surface area contributed by atoms with Gasteiger partial charge in [-0.25, -0.2) is 8.42 Å². The zero-order valence-corrected chi connectivity index (χ0v) is 16.2. The van der Waals surface area contributed by atoms with Crippen LogP contribution in [0, 0.1) is 5.92 Å². The molecule has 1 aliphatic rings. The van der Waals surface area contributed by atoms with Crippen LogP contribution in [0.3, 0.4) is 0 Å². The molecule has 1 amide bonds. The van der Waals surface area contributed by atoms with Gasteiger partial charge in [0.1, 0.15) is 4.90 Å². The average Bonchev–Trinajstić information content (AvgIpc) is 3.13. The highest BCUT2D eigenvalue weighted by atomic mass is 35.5. The molecule has 2 aromatic rings. The minimum absolute atomic E-state index is 0.0213. The number of hydrogen-bond acceptors (Lipinski definition) is 3. The van der Waals surface area contributed by atoms with E-state index in [1.54, 1.807) is 30.3 Å². The van der Waals surface area contributed by atoms with Crippen molar-refractivity contribution in [3.05, 3.63) is 52.5 Å². The molecule has 0 spiro atoms. The second-order valence-electron chi connectivity index (χ2n) is 6.20. The lowest BCUT2D eigenvalue weighted by atomic mass is 10.1. The maximum atomic E-state index is 12.7. The molecule has 0 radical (unpaired) electrons. The molecular formula is C18H18Cl2N2O3S. The van der Waals surface area contributed by atoms with Crippen molar-refractivity contribution in [3.63, 3.8) is 0 Å². The summed E-state index contributed by atoms with van der Waals surface area (Å²) in [4.78, 5) is 12.1. The monoisotopic (exact) mass is 412 g/mol. The molecule has 3 rings (SSSR count). The van der Waals surface area contributed by atoms with Crippen molar-refractivity contribution in [1.29, 1.82) is 0 Å². The average molecular weight is 413 g/mol. The molecule has 5 nitrogen and oxygen atoms in total. The maximum absolute atomic E-state index is 12.7. The fourth-order valence-electron chi connectivity index (χ4n) is 2.96. The van der Waals surface area contributed by atoms with Crippen molar-refractivity contribution in [2.45, 2.75) is 30.6 Å². The zero-order valence-electron chi connectivity index (χ0n) is 13.8. The minimum atomic E-state index is -3.96. The number of halogens is 2. The number of para-hydroxylation sites is 1. The quantitative estimate of drug-likeness (QED) is 0.731. The number of rotatable bonds is 5. The summed E-state index contributed by atoms with van der Waals surface area (Å²) < 4.78 is 27.8. The van der Waals surface area contributed by atoms with Gasteiger partial charge in [-0.1, -0.05) is 48.2 Å². The van der Waals surface area contributed by atoms with E-state index in [9.17, 15) is 13.2 Å². The number of anilines is 2. The maximum Gasteiger partial charge on any atom is 0.263 e. The summed E-state index contributed by atoms with van der Waals surface area (Å²) in [5, 5.41) is 3.12. The lowest BCUT2D eigenvalue weighted by Crippen LogP contribution is -2.21. The fraction of sp³-hybridized carbons (Fsp3) is 0.278. The van der Waals surface area contributed by atoms with E-state index >= 15 is 0 Å². The molecule has 0 saturated heterocycles. The van der Waals surface area contributed by atoms with E-state index < -0.39 is 10.0 Å². The Kier molecular flexibility index (Phi) is 5.75. The van der Waals surface area contributed by atoms with E-state index in [-0.39, 0.29) is 32.5 Å². The van der Waals surface area contributed by atoms with Crippen molar-refractivity contribution < 1.29 is 13.2 Å². The molecule has 0 aliphatic heterocycles. The van der Waals surface area contributed by atoms with Gasteiger partial charge in [0, 0.05) is 11.6 Å². The Morgan fingerprint density at radius 3 is 2.38 bits per heavy atom. The first-order chi connectivity index (χ1) is 12.4. The predicted octanol–water partition coefficient (Wildman–Crippen LogP) is 4.92. The summed E-state index contributed by atoms with van der Waals surface area (Å²) in [6, 6.07) is 10.9. The van der Waals surface area contributed by atoms with Crippen molar-refractivity contribution >= 4 is 50.5 Å². The molecule has 138 valence electrons. The van der Waals surface area contributed by atoms with Crippen molar-refractivity contribution in [2.75, 3.05) is 10.0 Å². The molecule has 2 N–H and O–H groups in total. The van der Waals surface area contributed by atoms with E-state index in [0.717, 1.165) is 25.7 Å². The lowest BCUT2D eigenvalue weighted by molar-refractivity contribution is -0.119. The summed E-state index contributed by atoms with van der Waals surface area (Å²) in [6.45, 7) is 0. The van der Waals surface area contributed by atoms with E-state index in [1.807, 2.05) is 0 Å². The van der Waals surface area contributed by atoms with Gasteiger partial charge in [-0.05, 0) is 43.2 Å². The largest absolute Gasteiger partial charge is 0.326 e. The third kappa shape index (κ3) is 4.31. The zero-order chi connectivity index (χ0) is 18.7. The van der Waals surface area contributed by atoms with Gasteiger partial charge in [-0.2, -0.15) is 0 Å². The van der Waals surface area contributed by atoms with Crippen LogP contribution in [-0.2, 0) is 14.8 Å².